The molecule has 0 aromatic rings. The first kappa shape index (κ1) is 11.0. The lowest BCUT2D eigenvalue weighted by atomic mass is 9.91. The van der Waals surface area contributed by atoms with Gasteiger partial charge in [0.2, 0.25) is 0 Å². The molecule has 3 heteroatoms. The zero-order valence-electron chi connectivity index (χ0n) is 8.53. The van der Waals surface area contributed by atoms with Gasteiger partial charge in [0.1, 0.15) is 0 Å². The summed E-state index contributed by atoms with van der Waals surface area (Å²) in [6.45, 7) is 3.58. The van der Waals surface area contributed by atoms with Crippen LogP contribution in [-0.2, 0) is 9.47 Å². The SMILES string of the molecule is COC(C)CC(O)C1CCOCC1. The van der Waals surface area contributed by atoms with E-state index in [0.29, 0.717) is 5.92 Å². The zero-order chi connectivity index (χ0) is 9.68. The molecule has 1 aliphatic heterocycles. The van der Waals surface area contributed by atoms with Crippen LogP contribution in [0.15, 0.2) is 0 Å². The Morgan fingerprint density at radius 3 is 2.62 bits per heavy atom. The predicted molar refractivity (Wildman–Crippen MR) is 50.6 cm³/mol. The average Bonchev–Trinajstić information content (AvgIpc) is 2.19. The summed E-state index contributed by atoms with van der Waals surface area (Å²) in [5.41, 5.74) is 0. The molecule has 1 saturated heterocycles. The number of aliphatic hydroxyl groups excluding tert-OH is 1. The molecule has 0 bridgehead atoms. The third-order valence-corrected chi connectivity index (χ3v) is 2.79. The van der Waals surface area contributed by atoms with Crippen LogP contribution in [0.4, 0.5) is 0 Å². The van der Waals surface area contributed by atoms with Crippen molar-refractivity contribution in [2.75, 3.05) is 20.3 Å². The fourth-order valence-electron chi connectivity index (χ4n) is 1.73. The maximum atomic E-state index is 9.84. The molecule has 0 aromatic carbocycles. The number of methoxy groups -OCH3 is 1. The van der Waals surface area contributed by atoms with Crippen molar-refractivity contribution in [2.45, 2.75) is 38.4 Å². The van der Waals surface area contributed by atoms with E-state index in [2.05, 4.69) is 0 Å². The molecular weight excluding hydrogens is 168 g/mol. The standard InChI is InChI=1S/C10H20O3/c1-8(12-2)7-10(11)9-3-5-13-6-4-9/h8-11H,3-7H2,1-2H3. The van der Waals surface area contributed by atoms with E-state index < -0.39 is 0 Å². The summed E-state index contributed by atoms with van der Waals surface area (Å²) in [6.07, 6.45) is 2.63. The third-order valence-electron chi connectivity index (χ3n) is 2.79. The van der Waals surface area contributed by atoms with Gasteiger partial charge in [0, 0.05) is 20.3 Å². The molecular formula is C10H20O3. The molecule has 1 heterocycles. The number of ether oxygens (including phenoxy) is 2. The van der Waals surface area contributed by atoms with Gasteiger partial charge >= 0.3 is 0 Å². The van der Waals surface area contributed by atoms with Gasteiger partial charge in [-0.15, -0.1) is 0 Å². The fourth-order valence-corrected chi connectivity index (χ4v) is 1.73. The minimum Gasteiger partial charge on any atom is -0.393 e. The monoisotopic (exact) mass is 188 g/mol. The van der Waals surface area contributed by atoms with Crippen molar-refractivity contribution in [3.63, 3.8) is 0 Å². The van der Waals surface area contributed by atoms with E-state index >= 15 is 0 Å². The van der Waals surface area contributed by atoms with Crippen LogP contribution in [-0.4, -0.2) is 37.6 Å². The van der Waals surface area contributed by atoms with E-state index in [9.17, 15) is 5.11 Å². The number of rotatable bonds is 4. The Hall–Kier alpha value is -0.120. The van der Waals surface area contributed by atoms with E-state index in [1.165, 1.54) is 0 Å². The van der Waals surface area contributed by atoms with E-state index in [1.54, 1.807) is 7.11 Å². The molecule has 0 aliphatic carbocycles. The lowest BCUT2D eigenvalue weighted by molar-refractivity contribution is -0.0178. The van der Waals surface area contributed by atoms with Gasteiger partial charge in [-0.25, -0.2) is 0 Å². The van der Waals surface area contributed by atoms with Gasteiger partial charge in [-0.3, -0.25) is 0 Å². The molecule has 1 fully saturated rings. The third kappa shape index (κ3) is 3.63. The van der Waals surface area contributed by atoms with Crippen molar-refractivity contribution in [3.05, 3.63) is 0 Å². The Kier molecular flexibility index (Phi) is 4.70. The van der Waals surface area contributed by atoms with E-state index in [4.69, 9.17) is 9.47 Å². The smallest absolute Gasteiger partial charge is 0.0594 e. The minimum absolute atomic E-state index is 0.151. The van der Waals surface area contributed by atoms with Gasteiger partial charge in [0.05, 0.1) is 12.2 Å². The summed E-state index contributed by atoms with van der Waals surface area (Å²) >= 11 is 0. The van der Waals surface area contributed by atoms with Gasteiger partial charge in [-0.05, 0) is 32.1 Å². The van der Waals surface area contributed by atoms with Crippen LogP contribution < -0.4 is 0 Å². The van der Waals surface area contributed by atoms with Gasteiger partial charge in [-0.1, -0.05) is 0 Å². The van der Waals surface area contributed by atoms with Crippen molar-refractivity contribution in [1.82, 2.24) is 0 Å². The summed E-state index contributed by atoms with van der Waals surface area (Å²) < 4.78 is 10.4. The molecule has 0 amide bonds. The van der Waals surface area contributed by atoms with Crippen LogP contribution in [0.2, 0.25) is 0 Å². The fraction of sp³-hybridized carbons (Fsp3) is 1.00. The van der Waals surface area contributed by atoms with Crippen LogP contribution in [0, 0.1) is 5.92 Å². The van der Waals surface area contributed by atoms with Crippen molar-refractivity contribution in [3.8, 4) is 0 Å². The average molecular weight is 188 g/mol. The zero-order valence-corrected chi connectivity index (χ0v) is 8.53. The van der Waals surface area contributed by atoms with Crippen LogP contribution in [0.25, 0.3) is 0 Å². The summed E-state index contributed by atoms with van der Waals surface area (Å²) in [7, 11) is 1.68. The highest BCUT2D eigenvalue weighted by Gasteiger charge is 2.23. The quantitative estimate of drug-likeness (QED) is 0.720. The van der Waals surface area contributed by atoms with Crippen LogP contribution in [0.5, 0.6) is 0 Å². The first-order valence-corrected chi connectivity index (χ1v) is 5.02. The number of hydrogen-bond acceptors (Lipinski definition) is 3. The van der Waals surface area contributed by atoms with E-state index in [1.807, 2.05) is 6.92 Å². The highest BCUT2D eigenvalue weighted by molar-refractivity contribution is 4.73. The molecule has 0 radical (unpaired) electrons. The van der Waals surface area contributed by atoms with Gasteiger partial charge in [-0.2, -0.15) is 0 Å². The molecule has 0 saturated carbocycles. The predicted octanol–water partition coefficient (Wildman–Crippen LogP) is 1.20. The maximum absolute atomic E-state index is 9.84. The summed E-state index contributed by atoms with van der Waals surface area (Å²) in [6, 6.07) is 0. The van der Waals surface area contributed by atoms with E-state index in [-0.39, 0.29) is 12.2 Å². The second-order valence-corrected chi connectivity index (χ2v) is 3.80. The van der Waals surface area contributed by atoms with Crippen molar-refractivity contribution >= 4 is 0 Å². The van der Waals surface area contributed by atoms with Crippen molar-refractivity contribution in [2.24, 2.45) is 5.92 Å². The van der Waals surface area contributed by atoms with Crippen LogP contribution >= 0.6 is 0 Å². The number of aliphatic hydroxyl groups is 1. The maximum Gasteiger partial charge on any atom is 0.0594 e. The Morgan fingerprint density at radius 2 is 2.08 bits per heavy atom. The first-order valence-electron chi connectivity index (χ1n) is 5.02. The van der Waals surface area contributed by atoms with Crippen molar-refractivity contribution in [1.29, 1.82) is 0 Å². The summed E-state index contributed by atoms with van der Waals surface area (Å²) in [5, 5.41) is 9.84. The Labute approximate surface area is 80.0 Å². The molecule has 78 valence electrons. The van der Waals surface area contributed by atoms with Crippen molar-refractivity contribution < 1.29 is 14.6 Å². The minimum atomic E-state index is -0.223. The van der Waals surface area contributed by atoms with E-state index in [0.717, 1.165) is 32.5 Å². The largest absolute Gasteiger partial charge is 0.393 e. The van der Waals surface area contributed by atoms with Gasteiger partial charge in [0.25, 0.3) is 0 Å². The normalized spacial score (nSPS) is 24.2. The lowest BCUT2D eigenvalue weighted by Crippen LogP contribution is -2.30. The lowest BCUT2D eigenvalue weighted by Gasteiger charge is -2.28. The molecule has 3 nitrogen and oxygen atoms in total. The second-order valence-electron chi connectivity index (χ2n) is 3.80. The number of hydrogen-bond donors (Lipinski definition) is 1. The highest BCUT2D eigenvalue weighted by Crippen LogP contribution is 2.21. The molecule has 0 spiro atoms. The van der Waals surface area contributed by atoms with Gasteiger partial charge in [0.15, 0.2) is 0 Å². The molecule has 2 unspecified atom stereocenters. The molecule has 13 heavy (non-hydrogen) atoms. The summed E-state index contributed by atoms with van der Waals surface area (Å²) in [5.74, 6) is 0.409. The molecule has 0 aromatic heterocycles. The Morgan fingerprint density at radius 1 is 1.46 bits per heavy atom. The van der Waals surface area contributed by atoms with Crippen LogP contribution in [0.1, 0.15) is 26.2 Å². The molecule has 1 N–H and O–H groups in total. The molecule has 2 atom stereocenters. The summed E-state index contributed by atoms with van der Waals surface area (Å²) in [4.78, 5) is 0. The molecule has 1 rings (SSSR count). The first-order chi connectivity index (χ1) is 6.24. The molecule has 1 aliphatic rings. The highest BCUT2D eigenvalue weighted by atomic mass is 16.5. The van der Waals surface area contributed by atoms with Crippen LogP contribution in [0.3, 0.4) is 0 Å². The topological polar surface area (TPSA) is 38.7 Å². The second kappa shape index (κ2) is 5.58. The Balaban J connectivity index is 2.24. The van der Waals surface area contributed by atoms with Gasteiger partial charge < -0.3 is 14.6 Å². The Bertz CT molecular complexity index is 132.